The van der Waals surface area contributed by atoms with Crippen molar-refractivity contribution in [1.82, 2.24) is 20.2 Å². The van der Waals surface area contributed by atoms with Crippen LogP contribution in [0.1, 0.15) is 11.9 Å². The van der Waals surface area contributed by atoms with E-state index in [4.69, 9.17) is 5.11 Å². The van der Waals surface area contributed by atoms with E-state index in [1.807, 2.05) is 0 Å². The molecule has 1 aromatic heterocycles. The topological polar surface area (TPSA) is 81.2 Å². The van der Waals surface area contributed by atoms with Crippen molar-refractivity contribution in [2.75, 3.05) is 19.6 Å². The minimum Gasteiger partial charge on any atom is -0.465 e. The van der Waals surface area contributed by atoms with Gasteiger partial charge in [0.2, 0.25) is 0 Å². The van der Waals surface area contributed by atoms with Gasteiger partial charge >= 0.3 is 6.09 Å². The molecule has 0 spiro atoms. The van der Waals surface area contributed by atoms with E-state index in [0.717, 1.165) is 5.82 Å². The number of aromatic nitrogens is 2. The number of hydrogen-bond acceptors (Lipinski definition) is 3. The molecule has 1 unspecified atom stereocenters. The third-order valence-electron chi connectivity index (χ3n) is 2.30. The van der Waals surface area contributed by atoms with E-state index >= 15 is 0 Å². The van der Waals surface area contributed by atoms with E-state index in [1.165, 1.54) is 4.90 Å². The van der Waals surface area contributed by atoms with Crippen LogP contribution < -0.4 is 5.32 Å². The van der Waals surface area contributed by atoms with Crippen LogP contribution in [0.25, 0.3) is 0 Å². The molecule has 1 aliphatic heterocycles. The molecule has 1 atom stereocenters. The van der Waals surface area contributed by atoms with E-state index in [2.05, 4.69) is 15.3 Å². The lowest BCUT2D eigenvalue weighted by Crippen LogP contribution is -2.48. The second-order valence-electron chi connectivity index (χ2n) is 3.21. The van der Waals surface area contributed by atoms with Gasteiger partial charge in [0.25, 0.3) is 0 Å². The zero-order valence-corrected chi connectivity index (χ0v) is 7.60. The molecule has 2 rings (SSSR count). The zero-order valence-electron chi connectivity index (χ0n) is 7.60. The molecule has 0 aromatic carbocycles. The maximum Gasteiger partial charge on any atom is 0.407 e. The Balaban J connectivity index is 2.04. The minimum atomic E-state index is -0.872. The SMILES string of the molecule is O=C(O)N1CCNC(c2ncc[nH]2)C1. The lowest BCUT2D eigenvalue weighted by molar-refractivity contribution is 0.128. The fourth-order valence-electron chi connectivity index (χ4n) is 1.57. The van der Waals surface area contributed by atoms with Crippen molar-refractivity contribution in [3.63, 3.8) is 0 Å². The molecule has 76 valence electrons. The largest absolute Gasteiger partial charge is 0.465 e. The third-order valence-corrected chi connectivity index (χ3v) is 2.30. The van der Waals surface area contributed by atoms with Crippen LogP contribution in [-0.2, 0) is 0 Å². The molecule has 6 heteroatoms. The Hall–Kier alpha value is -1.56. The highest BCUT2D eigenvalue weighted by molar-refractivity contribution is 5.65. The maximum atomic E-state index is 10.7. The Bertz CT molecular complexity index is 311. The van der Waals surface area contributed by atoms with Gasteiger partial charge in [-0.05, 0) is 0 Å². The van der Waals surface area contributed by atoms with Crippen LogP contribution in [0.4, 0.5) is 4.79 Å². The van der Waals surface area contributed by atoms with Crippen molar-refractivity contribution < 1.29 is 9.90 Å². The Morgan fingerprint density at radius 3 is 3.21 bits per heavy atom. The highest BCUT2D eigenvalue weighted by Crippen LogP contribution is 2.12. The highest BCUT2D eigenvalue weighted by atomic mass is 16.4. The monoisotopic (exact) mass is 196 g/mol. The second kappa shape index (κ2) is 3.67. The van der Waals surface area contributed by atoms with Gasteiger partial charge in [0, 0.05) is 32.0 Å². The summed E-state index contributed by atoms with van der Waals surface area (Å²) in [4.78, 5) is 19.2. The number of carbonyl (C=O) groups is 1. The fourth-order valence-corrected chi connectivity index (χ4v) is 1.57. The van der Waals surface area contributed by atoms with Gasteiger partial charge < -0.3 is 20.3 Å². The normalized spacial score (nSPS) is 22.3. The minimum absolute atomic E-state index is 0.0187. The lowest BCUT2D eigenvalue weighted by atomic mass is 10.2. The predicted molar refractivity (Wildman–Crippen MR) is 48.9 cm³/mol. The van der Waals surface area contributed by atoms with Crippen molar-refractivity contribution in [3.8, 4) is 0 Å². The zero-order chi connectivity index (χ0) is 9.97. The average molecular weight is 196 g/mol. The number of imidazole rings is 1. The smallest absolute Gasteiger partial charge is 0.407 e. The molecule has 0 aliphatic carbocycles. The molecule has 0 radical (unpaired) electrons. The molecule has 0 bridgehead atoms. The summed E-state index contributed by atoms with van der Waals surface area (Å²) in [6.45, 7) is 1.65. The number of piperazine rings is 1. The summed E-state index contributed by atoms with van der Waals surface area (Å²) in [5, 5.41) is 12.0. The number of rotatable bonds is 1. The van der Waals surface area contributed by atoms with Gasteiger partial charge in [-0.15, -0.1) is 0 Å². The van der Waals surface area contributed by atoms with Crippen LogP contribution >= 0.6 is 0 Å². The summed E-state index contributed by atoms with van der Waals surface area (Å²) in [7, 11) is 0. The molecule has 2 heterocycles. The second-order valence-corrected chi connectivity index (χ2v) is 3.21. The highest BCUT2D eigenvalue weighted by Gasteiger charge is 2.24. The molecule has 1 amide bonds. The first kappa shape index (κ1) is 9.01. The van der Waals surface area contributed by atoms with E-state index < -0.39 is 6.09 Å². The summed E-state index contributed by atoms with van der Waals surface area (Å²) in [6.07, 6.45) is 2.52. The van der Waals surface area contributed by atoms with Gasteiger partial charge in [0.15, 0.2) is 0 Å². The van der Waals surface area contributed by atoms with Gasteiger partial charge in [-0.2, -0.15) is 0 Å². The van der Waals surface area contributed by atoms with Crippen molar-refractivity contribution in [2.24, 2.45) is 0 Å². The van der Waals surface area contributed by atoms with Gasteiger partial charge in [-0.25, -0.2) is 9.78 Å². The molecular weight excluding hydrogens is 184 g/mol. The van der Waals surface area contributed by atoms with Gasteiger partial charge in [0.1, 0.15) is 5.82 Å². The van der Waals surface area contributed by atoms with E-state index in [1.54, 1.807) is 12.4 Å². The maximum absolute atomic E-state index is 10.7. The molecule has 14 heavy (non-hydrogen) atoms. The Labute approximate surface area is 80.9 Å². The van der Waals surface area contributed by atoms with Crippen molar-refractivity contribution in [3.05, 3.63) is 18.2 Å². The predicted octanol–water partition coefficient (Wildman–Crippen LogP) is 0.0340. The van der Waals surface area contributed by atoms with Crippen LogP contribution in [0, 0.1) is 0 Å². The number of nitrogens with one attached hydrogen (secondary N) is 2. The summed E-state index contributed by atoms with van der Waals surface area (Å²) in [5.41, 5.74) is 0. The Kier molecular flexibility index (Phi) is 2.36. The molecule has 0 saturated carbocycles. The van der Waals surface area contributed by atoms with E-state index in [0.29, 0.717) is 19.6 Å². The lowest BCUT2D eigenvalue weighted by Gasteiger charge is -2.30. The molecule has 1 fully saturated rings. The molecule has 1 saturated heterocycles. The van der Waals surface area contributed by atoms with Crippen LogP contribution in [0.3, 0.4) is 0 Å². The van der Waals surface area contributed by atoms with Crippen LogP contribution in [0.5, 0.6) is 0 Å². The molecule has 1 aromatic rings. The number of H-pyrrole nitrogens is 1. The number of hydrogen-bond donors (Lipinski definition) is 3. The molecule has 6 nitrogen and oxygen atoms in total. The fraction of sp³-hybridized carbons (Fsp3) is 0.500. The number of nitrogens with zero attached hydrogens (tertiary/aromatic N) is 2. The number of amides is 1. The van der Waals surface area contributed by atoms with Gasteiger partial charge in [0.05, 0.1) is 6.04 Å². The first-order valence-electron chi connectivity index (χ1n) is 4.48. The first-order chi connectivity index (χ1) is 6.77. The van der Waals surface area contributed by atoms with Gasteiger partial charge in [-0.3, -0.25) is 0 Å². The Morgan fingerprint density at radius 1 is 1.71 bits per heavy atom. The third kappa shape index (κ3) is 1.69. The summed E-state index contributed by atoms with van der Waals surface area (Å²) >= 11 is 0. The van der Waals surface area contributed by atoms with Crippen LogP contribution in [-0.4, -0.2) is 45.7 Å². The van der Waals surface area contributed by atoms with E-state index in [9.17, 15) is 4.79 Å². The average Bonchev–Trinajstić information content (AvgIpc) is 2.71. The Morgan fingerprint density at radius 2 is 2.57 bits per heavy atom. The standard InChI is InChI=1S/C8H12N4O2/c13-8(14)12-4-3-9-6(5-12)7-10-1-2-11-7/h1-2,6,9H,3-5H2,(H,10,11)(H,13,14). The summed E-state index contributed by atoms with van der Waals surface area (Å²) < 4.78 is 0. The quantitative estimate of drug-likeness (QED) is 0.592. The number of carboxylic acid groups (broad SMARTS) is 1. The molecule has 1 aliphatic rings. The first-order valence-corrected chi connectivity index (χ1v) is 4.48. The van der Waals surface area contributed by atoms with Crippen molar-refractivity contribution in [1.29, 1.82) is 0 Å². The number of aromatic amines is 1. The van der Waals surface area contributed by atoms with Crippen molar-refractivity contribution >= 4 is 6.09 Å². The summed E-state index contributed by atoms with van der Waals surface area (Å²) in [6, 6.07) is -0.0187. The molecular formula is C8H12N4O2. The molecule has 3 N–H and O–H groups in total. The van der Waals surface area contributed by atoms with Gasteiger partial charge in [-0.1, -0.05) is 0 Å². The van der Waals surface area contributed by atoms with Crippen LogP contribution in [0.15, 0.2) is 12.4 Å². The van der Waals surface area contributed by atoms with E-state index in [-0.39, 0.29) is 6.04 Å². The summed E-state index contributed by atoms with van der Waals surface area (Å²) in [5.74, 6) is 0.788. The van der Waals surface area contributed by atoms with Crippen molar-refractivity contribution in [2.45, 2.75) is 6.04 Å². The van der Waals surface area contributed by atoms with Crippen LogP contribution in [0.2, 0.25) is 0 Å².